The molecule has 0 radical (unpaired) electrons. The Hall–Kier alpha value is -8.15. The monoisotopic (exact) mass is 768 g/mol. The van der Waals surface area contributed by atoms with Crippen LogP contribution < -0.4 is 4.90 Å². The van der Waals surface area contributed by atoms with Crippen molar-refractivity contribution in [3.05, 3.63) is 218 Å². The molecule has 0 fully saturated rings. The third-order valence-electron chi connectivity index (χ3n) is 11.1. The number of nitrogens with zero attached hydrogens (tertiary/aromatic N) is 4. The number of benzene rings is 9. The van der Waals surface area contributed by atoms with Crippen LogP contribution in [0.5, 0.6) is 0 Å². The van der Waals surface area contributed by atoms with Gasteiger partial charge in [-0.05, 0) is 75.5 Å². The lowest BCUT2D eigenvalue weighted by Crippen LogP contribution is -2.11. The standard InChI is InChI=1S/C55H36N4O/c1-5-18-37(19-6-1)41-32-42(38-20-7-2-8-21-38)34-44(33-41)59(43-26-11-4-12-27-43)45-35-49(52-48-29-15-16-31-50(48)60-51(52)36-45)55-57-53(40-23-9-3-10-24-40)56-54(58-55)47-30-17-25-39-22-13-14-28-46(39)47/h1-36H. The largest absolute Gasteiger partial charge is 0.456 e. The molecular formula is C55H36N4O. The minimum Gasteiger partial charge on any atom is -0.456 e. The summed E-state index contributed by atoms with van der Waals surface area (Å²) in [5.41, 5.74) is 11.6. The summed E-state index contributed by atoms with van der Waals surface area (Å²) in [5, 5.41) is 4.13. The fraction of sp³-hybridized carbons (Fsp3) is 0. The highest BCUT2D eigenvalue weighted by Crippen LogP contribution is 2.45. The number of hydrogen-bond donors (Lipinski definition) is 0. The van der Waals surface area contributed by atoms with Crippen LogP contribution in [-0.2, 0) is 0 Å². The molecule has 60 heavy (non-hydrogen) atoms. The smallest absolute Gasteiger partial charge is 0.164 e. The van der Waals surface area contributed by atoms with Gasteiger partial charge in [0, 0.05) is 44.9 Å². The van der Waals surface area contributed by atoms with Gasteiger partial charge in [-0.2, -0.15) is 0 Å². The van der Waals surface area contributed by atoms with Crippen LogP contribution in [0.25, 0.3) is 89.1 Å². The zero-order chi connectivity index (χ0) is 39.8. The molecule has 11 rings (SSSR count). The Balaban J connectivity index is 1.20. The summed E-state index contributed by atoms with van der Waals surface area (Å²) >= 11 is 0. The van der Waals surface area contributed by atoms with Gasteiger partial charge in [-0.15, -0.1) is 0 Å². The average molecular weight is 769 g/mol. The highest BCUT2D eigenvalue weighted by Gasteiger charge is 2.23. The first kappa shape index (κ1) is 35.0. The van der Waals surface area contributed by atoms with E-state index in [-0.39, 0.29) is 0 Å². The Morgan fingerprint density at radius 1 is 0.317 bits per heavy atom. The molecule has 0 atom stereocenters. The minimum absolute atomic E-state index is 0.557. The van der Waals surface area contributed by atoms with Gasteiger partial charge >= 0.3 is 0 Å². The van der Waals surface area contributed by atoms with E-state index in [1.54, 1.807) is 0 Å². The second kappa shape index (κ2) is 15.0. The van der Waals surface area contributed by atoms with Crippen molar-refractivity contribution in [2.75, 3.05) is 4.90 Å². The maximum atomic E-state index is 6.75. The van der Waals surface area contributed by atoms with Crippen LogP contribution in [0.15, 0.2) is 223 Å². The van der Waals surface area contributed by atoms with E-state index in [0.717, 1.165) is 88.7 Å². The third-order valence-corrected chi connectivity index (χ3v) is 11.1. The quantitative estimate of drug-likeness (QED) is 0.154. The van der Waals surface area contributed by atoms with Gasteiger partial charge in [0.1, 0.15) is 11.2 Å². The van der Waals surface area contributed by atoms with Gasteiger partial charge in [0.15, 0.2) is 17.5 Å². The van der Waals surface area contributed by atoms with E-state index in [4.69, 9.17) is 19.4 Å². The molecule has 2 aromatic heterocycles. The lowest BCUT2D eigenvalue weighted by Gasteiger charge is -2.27. The molecular weight excluding hydrogens is 733 g/mol. The van der Waals surface area contributed by atoms with E-state index < -0.39 is 0 Å². The molecule has 5 nitrogen and oxygen atoms in total. The van der Waals surface area contributed by atoms with Crippen LogP contribution >= 0.6 is 0 Å². The molecule has 0 unspecified atom stereocenters. The summed E-state index contributed by atoms with van der Waals surface area (Å²) in [6.07, 6.45) is 0. The van der Waals surface area contributed by atoms with Crippen molar-refractivity contribution in [3.8, 4) is 56.4 Å². The van der Waals surface area contributed by atoms with Crippen LogP contribution in [0.1, 0.15) is 0 Å². The summed E-state index contributed by atoms with van der Waals surface area (Å²) in [5.74, 6) is 1.75. The lowest BCUT2D eigenvalue weighted by molar-refractivity contribution is 0.669. The predicted molar refractivity (Wildman–Crippen MR) is 246 cm³/mol. The molecule has 5 heteroatoms. The van der Waals surface area contributed by atoms with Gasteiger partial charge in [-0.3, -0.25) is 0 Å². The van der Waals surface area contributed by atoms with E-state index in [0.29, 0.717) is 17.5 Å². The predicted octanol–water partition coefficient (Wildman–Crippen LogP) is 14.7. The molecule has 0 saturated carbocycles. The van der Waals surface area contributed by atoms with Crippen molar-refractivity contribution in [2.45, 2.75) is 0 Å². The van der Waals surface area contributed by atoms with Gasteiger partial charge in [0.2, 0.25) is 0 Å². The van der Waals surface area contributed by atoms with Gasteiger partial charge in [0.25, 0.3) is 0 Å². The molecule has 9 aromatic carbocycles. The van der Waals surface area contributed by atoms with Crippen molar-refractivity contribution < 1.29 is 4.42 Å². The van der Waals surface area contributed by atoms with Gasteiger partial charge < -0.3 is 9.32 Å². The Labute approximate surface area is 347 Å². The maximum absolute atomic E-state index is 6.75. The number of hydrogen-bond acceptors (Lipinski definition) is 5. The molecule has 11 aromatic rings. The van der Waals surface area contributed by atoms with Crippen molar-refractivity contribution in [1.29, 1.82) is 0 Å². The fourth-order valence-corrected chi connectivity index (χ4v) is 8.26. The second-order valence-corrected chi connectivity index (χ2v) is 14.8. The van der Waals surface area contributed by atoms with Gasteiger partial charge in [0.05, 0.1) is 5.69 Å². The van der Waals surface area contributed by atoms with E-state index >= 15 is 0 Å². The molecule has 2 heterocycles. The molecule has 282 valence electrons. The van der Waals surface area contributed by atoms with Crippen LogP contribution in [0.4, 0.5) is 17.1 Å². The first-order chi connectivity index (χ1) is 29.7. The first-order valence-corrected chi connectivity index (χ1v) is 20.1. The van der Waals surface area contributed by atoms with E-state index in [9.17, 15) is 0 Å². The molecule has 0 bridgehead atoms. The Bertz CT molecular complexity index is 3250. The number of rotatable bonds is 8. The van der Waals surface area contributed by atoms with Crippen molar-refractivity contribution in [2.24, 2.45) is 0 Å². The summed E-state index contributed by atoms with van der Waals surface area (Å²) in [7, 11) is 0. The lowest BCUT2D eigenvalue weighted by atomic mass is 9.97. The summed E-state index contributed by atoms with van der Waals surface area (Å²) in [6, 6.07) is 75.8. The highest BCUT2D eigenvalue weighted by molar-refractivity contribution is 6.13. The fourth-order valence-electron chi connectivity index (χ4n) is 8.26. The molecule has 0 aliphatic heterocycles. The molecule has 0 aliphatic rings. The average Bonchev–Trinajstić information content (AvgIpc) is 3.71. The van der Waals surface area contributed by atoms with E-state index in [1.165, 1.54) is 0 Å². The first-order valence-electron chi connectivity index (χ1n) is 20.1. The van der Waals surface area contributed by atoms with Gasteiger partial charge in [-0.25, -0.2) is 15.0 Å². The van der Waals surface area contributed by atoms with E-state index in [1.807, 2.05) is 42.5 Å². The number of furan rings is 1. The summed E-state index contributed by atoms with van der Waals surface area (Å²) < 4.78 is 6.75. The maximum Gasteiger partial charge on any atom is 0.164 e. The number of para-hydroxylation sites is 2. The normalized spacial score (nSPS) is 11.3. The highest BCUT2D eigenvalue weighted by atomic mass is 16.3. The van der Waals surface area contributed by atoms with Crippen molar-refractivity contribution >= 4 is 49.8 Å². The van der Waals surface area contributed by atoms with E-state index in [2.05, 4.69) is 181 Å². The van der Waals surface area contributed by atoms with Crippen LogP contribution in [-0.4, -0.2) is 15.0 Å². The Morgan fingerprint density at radius 2 is 0.833 bits per heavy atom. The molecule has 0 N–H and O–H groups in total. The van der Waals surface area contributed by atoms with Gasteiger partial charge in [-0.1, -0.05) is 170 Å². The topological polar surface area (TPSA) is 55.1 Å². The SMILES string of the molecule is c1ccc(-c2cc(-c3ccccc3)cc(N(c3ccccc3)c3cc(-c4nc(-c5ccccc5)nc(-c5cccc6ccccc56)n4)c4c(c3)oc3ccccc34)c2)cc1. The van der Waals surface area contributed by atoms with Crippen molar-refractivity contribution in [1.82, 2.24) is 15.0 Å². The molecule has 0 saturated heterocycles. The van der Waals surface area contributed by atoms with Crippen LogP contribution in [0, 0.1) is 0 Å². The zero-order valence-electron chi connectivity index (χ0n) is 32.5. The molecule has 0 spiro atoms. The zero-order valence-corrected chi connectivity index (χ0v) is 32.5. The molecule has 0 amide bonds. The summed E-state index contributed by atoms with van der Waals surface area (Å²) in [4.78, 5) is 18.1. The van der Waals surface area contributed by atoms with Crippen LogP contribution in [0.2, 0.25) is 0 Å². The minimum atomic E-state index is 0.557. The third kappa shape index (κ3) is 6.45. The van der Waals surface area contributed by atoms with Crippen LogP contribution in [0.3, 0.4) is 0 Å². The van der Waals surface area contributed by atoms with Crippen molar-refractivity contribution in [3.63, 3.8) is 0 Å². The second-order valence-electron chi connectivity index (χ2n) is 14.8. The Kier molecular flexibility index (Phi) is 8.75. The number of anilines is 3. The number of fused-ring (bicyclic) bond motifs is 4. The summed E-state index contributed by atoms with van der Waals surface area (Å²) in [6.45, 7) is 0. The molecule has 0 aliphatic carbocycles. The number of aromatic nitrogens is 3. The Morgan fingerprint density at radius 3 is 1.52 bits per heavy atom.